The number of benzene rings is 1. The lowest BCUT2D eigenvalue weighted by molar-refractivity contribution is -0.120. The van der Waals surface area contributed by atoms with Crippen molar-refractivity contribution in [2.45, 2.75) is 26.8 Å². The molecule has 5 nitrogen and oxygen atoms in total. The lowest BCUT2D eigenvalue weighted by atomic mass is 10.1. The zero-order valence-electron chi connectivity index (χ0n) is 11.7. The number of nitrogens with one attached hydrogen (secondary N) is 1. The van der Waals surface area contributed by atoms with Gasteiger partial charge in [-0.3, -0.25) is 4.79 Å². The predicted molar refractivity (Wildman–Crippen MR) is 74.4 cm³/mol. The van der Waals surface area contributed by atoms with Crippen LogP contribution in [0.3, 0.4) is 0 Å². The lowest BCUT2D eigenvalue weighted by Gasteiger charge is -2.05. The van der Waals surface area contributed by atoms with E-state index in [1.54, 1.807) is 6.07 Å². The summed E-state index contributed by atoms with van der Waals surface area (Å²) in [7, 11) is 0. The SMILES string of the molecule is CCOc1ccc(CC(=O)NCc2cc(C)on2)cc1. The Labute approximate surface area is 117 Å². The third-order valence-electron chi connectivity index (χ3n) is 2.74. The van der Waals surface area contributed by atoms with E-state index in [1.165, 1.54) is 0 Å². The van der Waals surface area contributed by atoms with E-state index in [1.807, 2.05) is 38.1 Å². The van der Waals surface area contributed by atoms with Gasteiger partial charge in [0, 0.05) is 6.07 Å². The molecule has 0 aliphatic carbocycles. The van der Waals surface area contributed by atoms with Gasteiger partial charge in [-0.05, 0) is 31.5 Å². The average molecular weight is 274 g/mol. The van der Waals surface area contributed by atoms with E-state index < -0.39 is 0 Å². The molecule has 1 heterocycles. The summed E-state index contributed by atoms with van der Waals surface area (Å²) < 4.78 is 10.3. The van der Waals surface area contributed by atoms with E-state index in [-0.39, 0.29) is 5.91 Å². The molecule has 1 aromatic carbocycles. The molecule has 0 saturated carbocycles. The number of ether oxygens (including phenoxy) is 1. The van der Waals surface area contributed by atoms with Crippen molar-refractivity contribution in [1.82, 2.24) is 10.5 Å². The summed E-state index contributed by atoms with van der Waals surface area (Å²) in [6, 6.07) is 9.33. The van der Waals surface area contributed by atoms with Crippen LogP contribution in [-0.4, -0.2) is 17.7 Å². The molecule has 2 rings (SSSR count). The zero-order valence-corrected chi connectivity index (χ0v) is 11.7. The van der Waals surface area contributed by atoms with E-state index in [9.17, 15) is 4.79 Å². The van der Waals surface area contributed by atoms with Gasteiger partial charge < -0.3 is 14.6 Å². The van der Waals surface area contributed by atoms with E-state index in [0.29, 0.717) is 19.6 Å². The highest BCUT2D eigenvalue weighted by atomic mass is 16.5. The summed E-state index contributed by atoms with van der Waals surface area (Å²) in [6.07, 6.45) is 0.337. The number of carbonyl (C=O) groups is 1. The molecule has 2 aromatic rings. The smallest absolute Gasteiger partial charge is 0.224 e. The fraction of sp³-hybridized carbons (Fsp3) is 0.333. The van der Waals surface area contributed by atoms with Crippen molar-refractivity contribution in [2.24, 2.45) is 0 Å². The van der Waals surface area contributed by atoms with Gasteiger partial charge in [-0.25, -0.2) is 0 Å². The van der Waals surface area contributed by atoms with Gasteiger partial charge >= 0.3 is 0 Å². The highest BCUT2D eigenvalue weighted by Crippen LogP contribution is 2.12. The van der Waals surface area contributed by atoms with E-state index in [0.717, 1.165) is 22.8 Å². The topological polar surface area (TPSA) is 64.4 Å². The van der Waals surface area contributed by atoms with Crippen LogP contribution in [0.5, 0.6) is 5.75 Å². The normalized spacial score (nSPS) is 10.3. The maximum absolute atomic E-state index is 11.8. The zero-order chi connectivity index (χ0) is 14.4. The van der Waals surface area contributed by atoms with Gasteiger partial charge in [-0.15, -0.1) is 0 Å². The molecule has 0 radical (unpaired) electrons. The van der Waals surface area contributed by atoms with Crippen molar-refractivity contribution in [2.75, 3.05) is 6.61 Å². The van der Waals surface area contributed by atoms with Crippen LogP contribution in [0.2, 0.25) is 0 Å². The summed E-state index contributed by atoms with van der Waals surface area (Å²) in [4.78, 5) is 11.8. The molecule has 0 atom stereocenters. The fourth-order valence-electron chi connectivity index (χ4n) is 1.81. The number of amides is 1. The van der Waals surface area contributed by atoms with Gasteiger partial charge in [-0.2, -0.15) is 0 Å². The molecule has 106 valence electrons. The maximum atomic E-state index is 11.8. The molecule has 0 fully saturated rings. The van der Waals surface area contributed by atoms with Crippen molar-refractivity contribution in [1.29, 1.82) is 0 Å². The molecule has 0 spiro atoms. The highest BCUT2D eigenvalue weighted by molar-refractivity contribution is 5.78. The van der Waals surface area contributed by atoms with Crippen LogP contribution in [0.25, 0.3) is 0 Å². The summed E-state index contributed by atoms with van der Waals surface area (Å²) in [6.45, 7) is 4.77. The first-order chi connectivity index (χ1) is 9.67. The third kappa shape index (κ3) is 4.12. The molecule has 1 N–H and O–H groups in total. The summed E-state index contributed by atoms with van der Waals surface area (Å²) in [5, 5.41) is 6.63. The van der Waals surface area contributed by atoms with Crippen LogP contribution in [0.15, 0.2) is 34.9 Å². The molecule has 0 aliphatic rings. The second kappa shape index (κ2) is 6.75. The van der Waals surface area contributed by atoms with Crippen molar-refractivity contribution < 1.29 is 14.1 Å². The molecule has 1 amide bonds. The van der Waals surface area contributed by atoms with E-state index in [2.05, 4.69) is 10.5 Å². The molecule has 0 saturated heterocycles. The van der Waals surface area contributed by atoms with Crippen LogP contribution in [0, 0.1) is 6.92 Å². The molecule has 0 unspecified atom stereocenters. The van der Waals surface area contributed by atoms with E-state index in [4.69, 9.17) is 9.26 Å². The number of aromatic nitrogens is 1. The van der Waals surface area contributed by atoms with Gasteiger partial charge in [0.15, 0.2) is 0 Å². The Morgan fingerprint density at radius 1 is 1.35 bits per heavy atom. The van der Waals surface area contributed by atoms with Crippen LogP contribution >= 0.6 is 0 Å². The Morgan fingerprint density at radius 2 is 2.10 bits per heavy atom. The Balaban J connectivity index is 1.81. The highest BCUT2D eigenvalue weighted by Gasteiger charge is 2.06. The molecule has 5 heteroatoms. The molecule has 1 aromatic heterocycles. The van der Waals surface area contributed by atoms with Crippen molar-refractivity contribution in [3.63, 3.8) is 0 Å². The first-order valence-corrected chi connectivity index (χ1v) is 6.58. The summed E-state index contributed by atoms with van der Waals surface area (Å²) >= 11 is 0. The Hall–Kier alpha value is -2.30. The number of carbonyl (C=O) groups excluding carboxylic acids is 1. The number of nitrogens with zero attached hydrogens (tertiary/aromatic N) is 1. The predicted octanol–water partition coefficient (Wildman–Crippen LogP) is 2.24. The second-order valence-corrected chi connectivity index (χ2v) is 4.46. The number of aryl methyl sites for hydroxylation is 1. The van der Waals surface area contributed by atoms with Gasteiger partial charge in [0.1, 0.15) is 17.2 Å². The van der Waals surface area contributed by atoms with Gasteiger partial charge in [-0.1, -0.05) is 17.3 Å². The lowest BCUT2D eigenvalue weighted by Crippen LogP contribution is -2.24. The molecule has 20 heavy (non-hydrogen) atoms. The molecular weight excluding hydrogens is 256 g/mol. The van der Waals surface area contributed by atoms with Crippen molar-refractivity contribution >= 4 is 5.91 Å². The summed E-state index contributed by atoms with van der Waals surface area (Å²) in [5.41, 5.74) is 1.67. The molecule has 0 bridgehead atoms. The Morgan fingerprint density at radius 3 is 2.70 bits per heavy atom. The molecular formula is C15H18N2O3. The van der Waals surface area contributed by atoms with Crippen molar-refractivity contribution in [3.05, 3.63) is 47.3 Å². The maximum Gasteiger partial charge on any atom is 0.224 e. The third-order valence-corrected chi connectivity index (χ3v) is 2.74. The Bertz CT molecular complexity index is 561. The standard InChI is InChI=1S/C15H18N2O3/c1-3-19-14-6-4-12(5-7-14)9-15(18)16-10-13-8-11(2)20-17-13/h4-8H,3,9-10H2,1-2H3,(H,16,18). The van der Waals surface area contributed by atoms with Crippen molar-refractivity contribution in [3.8, 4) is 5.75 Å². The second-order valence-electron chi connectivity index (χ2n) is 4.46. The van der Waals surface area contributed by atoms with Gasteiger partial charge in [0.25, 0.3) is 0 Å². The molecule has 0 aliphatic heterocycles. The largest absolute Gasteiger partial charge is 0.494 e. The van der Waals surface area contributed by atoms with Crippen LogP contribution in [0.1, 0.15) is 23.9 Å². The minimum Gasteiger partial charge on any atom is -0.494 e. The van der Waals surface area contributed by atoms with Gasteiger partial charge in [0.2, 0.25) is 5.91 Å². The number of hydrogen-bond acceptors (Lipinski definition) is 4. The van der Waals surface area contributed by atoms with Crippen LogP contribution in [0.4, 0.5) is 0 Å². The fourth-order valence-corrected chi connectivity index (χ4v) is 1.81. The summed E-state index contributed by atoms with van der Waals surface area (Å²) in [5.74, 6) is 1.50. The van der Waals surface area contributed by atoms with Crippen LogP contribution in [-0.2, 0) is 17.8 Å². The van der Waals surface area contributed by atoms with Gasteiger partial charge in [0.05, 0.1) is 19.6 Å². The quantitative estimate of drug-likeness (QED) is 0.877. The monoisotopic (exact) mass is 274 g/mol. The number of rotatable bonds is 6. The minimum atomic E-state index is -0.0465. The Kier molecular flexibility index (Phi) is 4.76. The average Bonchev–Trinajstić information content (AvgIpc) is 2.85. The first-order valence-electron chi connectivity index (χ1n) is 6.58. The van der Waals surface area contributed by atoms with E-state index >= 15 is 0 Å². The minimum absolute atomic E-state index is 0.0465. The van der Waals surface area contributed by atoms with Crippen LogP contribution < -0.4 is 10.1 Å². The first kappa shape index (κ1) is 14.1. The number of hydrogen-bond donors (Lipinski definition) is 1.